The Hall–Kier alpha value is -0.960. The number of sulfonamides is 1. The first-order chi connectivity index (χ1) is 8.86. The third-order valence-corrected chi connectivity index (χ3v) is 6.09. The molecule has 0 radical (unpaired) electrons. The van der Waals surface area contributed by atoms with E-state index in [9.17, 15) is 18.3 Å². The number of hydrogen-bond acceptors (Lipinski definition) is 5. The second kappa shape index (κ2) is 5.20. The van der Waals surface area contributed by atoms with Gasteiger partial charge < -0.3 is 9.84 Å². The first-order valence-corrected chi connectivity index (χ1v) is 8.07. The molecule has 1 fully saturated rings. The van der Waals surface area contributed by atoms with Crippen molar-refractivity contribution in [3.8, 4) is 0 Å². The van der Waals surface area contributed by atoms with Gasteiger partial charge in [-0.1, -0.05) is 0 Å². The Morgan fingerprint density at radius 2 is 2.05 bits per heavy atom. The van der Waals surface area contributed by atoms with E-state index in [1.807, 2.05) is 0 Å². The van der Waals surface area contributed by atoms with Gasteiger partial charge in [0.2, 0.25) is 0 Å². The minimum atomic E-state index is -3.81. The maximum atomic E-state index is 12.2. The van der Waals surface area contributed by atoms with Crippen molar-refractivity contribution in [1.29, 1.82) is 0 Å². The van der Waals surface area contributed by atoms with Gasteiger partial charge in [-0.2, -0.15) is 4.72 Å². The van der Waals surface area contributed by atoms with Crippen molar-refractivity contribution in [2.24, 2.45) is 0 Å². The minimum absolute atomic E-state index is 0.131. The van der Waals surface area contributed by atoms with Crippen molar-refractivity contribution in [3.05, 3.63) is 17.0 Å². The lowest BCUT2D eigenvalue weighted by atomic mass is 9.92. The van der Waals surface area contributed by atoms with Crippen LogP contribution in [0.25, 0.3) is 0 Å². The number of carbonyl (C=O) groups is 1. The summed E-state index contributed by atoms with van der Waals surface area (Å²) < 4.78 is 32.0. The van der Waals surface area contributed by atoms with Gasteiger partial charge in [0, 0.05) is 30.9 Å². The number of ether oxygens (including phenoxy) is 1. The summed E-state index contributed by atoms with van der Waals surface area (Å²) in [5, 5.41) is 9.33. The SMILES string of the molecule is Cc1ccc(S(=O)(=O)NC2(C(=O)O)CCOCC2)s1. The first-order valence-electron chi connectivity index (χ1n) is 5.77. The highest BCUT2D eigenvalue weighted by Crippen LogP contribution is 2.27. The smallest absolute Gasteiger partial charge is 0.325 e. The molecule has 0 unspecified atom stereocenters. The van der Waals surface area contributed by atoms with Crippen LogP contribution in [0.1, 0.15) is 17.7 Å². The van der Waals surface area contributed by atoms with E-state index in [1.165, 1.54) is 6.07 Å². The average molecular weight is 305 g/mol. The molecule has 0 aliphatic carbocycles. The van der Waals surface area contributed by atoms with Crippen molar-refractivity contribution in [3.63, 3.8) is 0 Å². The summed E-state index contributed by atoms with van der Waals surface area (Å²) in [5.41, 5.74) is -1.46. The normalized spacial score (nSPS) is 19.2. The molecule has 0 atom stereocenters. The van der Waals surface area contributed by atoms with Crippen LogP contribution in [0.4, 0.5) is 0 Å². The molecule has 0 amide bonds. The highest BCUT2D eigenvalue weighted by molar-refractivity contribution is 7.91. The van der Waals surface area contributed by atoms with Crippen LogP contribution in [-0.2, 0) is 19.6 Å². The van der Waals surface area contributed by atoms with Crippen molar-refractivity contribution in [2.75, 3.05) is 13.2 Å². The molecular weight excluding hydrogens is 290 g/mol. The fraction of sp³-hybridized carbons (Fsp3) is 0.545. The van der Waals surface area contributed by atoms with Crippen LogP contribution >= 0.6 is 11.3 Å². The van der Waals surface area contributed by atoms with E-state index in [4.69, 9.17) is 4.74 Å². The van der Waals surface area contributed by atoms with Gasteiger partial charge in [0.05, 0.1) is 0 Å². The second-order valence-electron chi connectivity index (χ2n) is 4.47. The molecule has 0 bridgehead atoms. The Balaban J connectivity index is 2.29. The highest BCUT2D eigenvalue weighted by Gasteiger charge is 2.44. The van der Waals surface area contributed by atoms with E-state index >= 15 is 0 Å². The van der Waals surface area contributed by atoms with Gasteiger partial charge in [0.25, 0.3) is 10.0 Å². The van der Waals surface area contributed by atoms with Gasteiger partial charge in [-0.15, -0.1) is 11.3 Å². The molecule has 106 valence electrons. The van der Waals surface area contributed by atoms with E-state index in [2.05, 4.69) is 4.72 Å². The summed E-state index contributed by atoms with van der Waals surface area (Å²) in [7, 11) is -3.81. The molecule has 1 aliphatic rings. The summed E-state index contributed by atoms with van der Waals surface area (Å²) in [4.78, 5) is 12.3. The van der Waals surface area contributed by atoms with Crippen molar-refractivity contribution in [1.82, 2.24) is 4.72 Å². The summed E-state index contributed by atoms with van der Waals surface area (Å²) in [6, 6.07) is 3.17. The Kier molecular flexibility index (Phi) is 3.95. The van der Waals surface area contributed by atoms with Crippen LogP contribution in [0.2, 0.25) is 0 Å². The zero-order valence-corrected chi connectivity index (χ0v) is 12.0. The van der Waals surface area contributed by atoms with Crippen molar-refractivity contribution >= 4 is 27.3 Å². The maximum absolute atomic E-state index is 12.2. The zero-order chi connectivity index (χ0) is 14.1. The van der Waals surface area contributed by atoms with Gasteiger partial charge in [-0.3, -0.25) is 4.79 Å². The van der Waals surface area contributed by atoms with Gasteiger partial charge in [0.15, 0.2) is 0 Å². The Morgan fingerprint density at radius 3 is 2.53 bits per heavy atom. The standard InChI is InChI=1S/C11H15NO5S2/c1-8-2-3-9(18-8)19(15,16)12-11(10(13)14)4-6-17-7-5-11/h2-3,12H,4-7H2,1H3,(H,13,14). The molecule has 2 heterocycles. The monoisotopic (exact) mass is 305 g/mol. The quantitative estimate of drug-likeness (QED) is 0.864. The van der Waals surface area contributed by atoms with Crippen LogP contribution in [0.5, 0.6) is 0 Å². The van der Waals surface area contributed by atoms with E-state index in [0.29, 0.717) is 0 Å². The van der Waals surface area contributed by atoms with Gasteiger partial charge in [-0.05, 0) is 19.1 Å². The number of carboxylic acids is 1. The third-order valence-electron chi connectivity index (χ3n) is 3.07. The predicted molar refractivity (Wildman–Crippen MR) is 69.8 cm³/mol. The minimum Gasteiger partial charge on any atom is -0.480 e. The number of nitrogens with one attached hydrogen (secondary N) is 1. The number of aliphatic carboxylic acids is 1. The summed E-state index contributed by atoms with van der Waals surface area (Å²) in [5.74, 6) is -1.16. The lowest BCUT2D eigenvalue weighted by molar-refractivity contribution is -0.147. The summed E-state index contributed by atoms with van der Waals surface area (Å²) in [6.45, 7) is 2.27. The summed E-state index contributed by atoms with van der Waals surface area (Å²) in [6.07, 6.45) is 0.262. The lowest BCUT2D eigenvalue weighted by Gasteiger charge is -2.33. The van der Waals surface area contributed by atoms with Crippen molar-refractivity contribution in [2.45, 2.75) is 29.5 Å². The second-order valence-corrected chi connectivity index (χ2v) is 7.67. The largest absolute Gasteiger partial charge is 0.480 e. The molecule has 19 heavy (non-hydrogen) atoms. The van der Waals surface area contributed by atoms with E-state index in [0.717, 1.165) is 16.2 Å². The topological polar surface area (TPSA) is 92.7 Å². The molecule has 1 aromatic heterocycles. The molecule has 0 spiro atoms. The molecule has 6 nitrogen and oxygen atoms in total. The number of aryl methyl sites for hydroxylation is 1. The number of carboxylic acid groups (broad SMARTS) is 1. The predicted octanol–water partition coefficient (Wildman–Crippen LogP) is 0.969. The fourth-order valence-electron chi connectivity index (χ4n) is 1.94. The van der Waals surface area contributed by atoms with E-state index in [-0.39, 0.29) is 30.3 Å². The lowest BCUT2D eigenvalue weighted by Crippen LogP contribution is -2.57. The van der Waals surface area contributed by atoms with Crippen LogP contribution in [0, 0.1) is 6.92 Å². The summed E-state index contributed by atoms with van der Waals surface area (Å²) >= 11 is 1.12. The van der Waals surface area contributed by atoms with Crippen LogP contribution in [0.3, 0.4) is 0 Å². The van der Waals surface area contributed by atoms with E-state index < -0.39 is 21.5 Å². The van der Waals surface area contributed by atoms with Crippen LogP contribution in [-0.4, -0.2) is 38.2 Å². The highest BCUT2D eigenvalue weighted by atomic mass is 32.2. The molecule has 0 aromatic carbocycles. The Labute approximate surface area is 115 Å². The molecule has 1 saturated heterocycles. The third kappa shape index (κ3) is 2.97. The fourth-order valence-corrected chi connectivity index (χ4v) is 4.64. The van der Waals surface area contributed by atoms with Gasteiger partial charge in [-0.25, -0.2) is 8.42 Å². The molecule has 2 N–H and O–H groups in total. The Bertz CT molecular complexity index is 572. The molecule has 0 saturated carbocycles. The first kappa shape index (κ1) is 14.4. The Morgan fingerprint density at radius 1 is 1.42 bits per heavy atom. The van der Waals surface area contributed by atoms with Crippen LogP contribution in [0.15, 0.2) is 16.3 Å². The van der Waals surface area contributed by atoms with Crippen LogP contribution < -0.4 is 4.72 Å². The maximum Gasteiger partial charge on any atom is 0.325 e. The number of rotatable bonds is 4. The van der Waals surface area contributed by atoms with Gasteiger partial charge in [0.1, 0.15) is 9.75 Å². The van der Waals surface area contributed by atoms with Gasteiger partial charge >= 0.3 is 5.97 Å². The number of thiophene rings is 1. The number of hydrogen-bond donors (Lipinski definition) is 2. The van der Waals surface area contributed by atoms with E-state index in [1.54, 1.807) is 13.0 Å². The van der Waals surface area contributed by atoms with Crippen molar-refractivity contribution < 1.29 is 23.1 Å². The average Bonchev–Trinajstić information content (AvgIpc) is 2.77. The molecule has 2 rings (SSSR count). The zero-order valence-electron chi connectivity index (χ0n) is 10.4. The molecular formula is C11H15NO5S2. The molecule has 1 aliphatic heterocycles. The molecule has 8 heteroatoms. The molecule has 1 aromatic rings.